The minimum Gasteiger partial charge on any atom is -0.489 e. The highest BCUT2D eigenvalue weighted by Gasteiger charge is 2.33. The van der Waals surface area contributed by atoms with Gasteiger partial charge in [-0.1, -0.05) is 55.0 Å². The molecule has 2 aromatic carbocycles. The topological polar surface area (TPSA) is 26.3 Å². The molecule has 2 heterocycles. The van der Waals surface area contributed by atoms with Crippen LogP contribution in [0.5, 0.6) is 5.75 Å². The van der Waals surface area contributed by atoms with E-state index >= 15 is 0 Å². The molecule has 0 aliphatic carbocycles. The lowest BCUT2D eigenvalue weighted by Crippen LogP contribution is -2.33. The van der Waals surface area contributed by atoms with Crippen LogP contribution in [0.1, 0.15) is 36.8 Å². The highest BCUT2D eigenvalue weighted by Crippen LogP contribution is 2.37. The van der Waals surface area contributed by atoms with Crippen LogP contribution >= 0.6 is 0 Å². The second kappa shape index (κ2) is 6.94. The zero-order valence-corrected chi connectivity index (χ0v) is 14.5. The minimum atomic E-state index is -0.660. The average Bonchev–Trinajstić information content (AvgIpc) is 2.61. The minimum absolute atomic E-state index is 0.265. The Balaban J connectivity index is 1.45. The van der Waals surface area contributed by atoms with Gasteiger partial charge >= 0.3 is 0 Å². The molecule has 2 nitrogen and oxygen atoms in total. The number of hydrogen-bond donors (Lipinski definition) is 0. The highest BCUT2D eigenvalue weighted by molar-refractivity contribution is 7.86. The van der Waals surface area contributed by atoms with Crippen molar-refractivity contribution < 1.29 is 8.95 Å². The second-order valence-corrected chi connectivity index (χ2v) is 8.54. The molecule has 2 aliphatic rings. The summed E-state index contributed by atoms with van der Waals surface area (Å²) in [6.45, 7) is 0.589. The molecule has 0 spiro atoms. The first-order valence-corrected chi connectivity index (χ1v) is 9.94. The van der Waals surface area contributed by atoms with Gasteiger partial charge in [0.1, 0.15) is 12.4 Å². The number of ether oxygens (including phenoxy) is 1. The lowest BCUT2D eigenvalue weighted by Gasteiger charge is -2.32. The monoisotopic (exact) mass is 338 g/mol. The molecule has 0 saturated carbocycles. The maximum atomic E-state index is 12.3. The standard InChI is InChI=1S/C21H22O2S/c22-24-20-7-4-8-21(24)14-18(13-20)17-9-11-19(12-10-17)23-15-16-5-2-1-3-6-16/h1-3,5-6,9-13,20-21H,4,7-8,14-15H2. The quantitative estimate of drug-likeness (QED) is 0.806. The molecule has 0 amide bonds. The van der Waals surface area contributed by atoms with E-state index in [0.717, 1.165) is 25.0 Å². The van der Waals surface area contributed by atoms with Crippen LogP contribution < -0.4 is 4.74 Å². The van der Waals surface area contributed by atoms with Gasteiger partial charge in [-0.25, -0.2) is 0 Å². The maximum Gasteiger partial charge on any atom is 0.119 e. The van der Waals surface area contributed by atoms with Gasteiger partial charge in [0.25, 0.3) is 0 Å². The van der Waals surface area contributed by atoms with Crippen molar-refractivity contribution in [1.82, 2.24) is 0 Å². The largest absolute Gasteiger partial charge is 0.489 e. The molecule has 2 bridgehead atoms. The van der Waals surface area contributed by atoms with E-state index in [-0.39, 0.29) is 5.25 Å². The first kappa shape index (κ1) is 15.6. The van der Waals surface area contributed by atoms with Crippen molar-refractivity contribution in [3.63, 3.8) is 0 Å². The van der Waals surface area contributed by atoms with Crippen molar-refractivity contribution >= 4 is 16.4 Å². The number of allylic oxidation sites excluding steroid dienone is 1. The van der Waals surface area contributed by atoms with E-state index in [4.69, 9.17) is 4.74 Å². The summed E-state index contributed by atoms with van der Waals surface area (Å²) < 4.78 is 18.2. The molecule has 124 valence electrons. The summed E-state index contributed by atoms with van der Waals surface area (Å²) in [6.07, 6.45) is 6.61. The van der Waals surface area contributed by atoms with Crippen molar-refractivity contribution in [2.45, 2.75) is 42.8 Å². The van der Waals surface area contributed by atoms with Crippen molar-refractivity contribution in [1.29, 1.82) is 0 Å². The number of fused-ring (bicyclic) bond motifs is 2. The van der Waals surface area contributed by atoms with Crippen LogP contribution in [0, 0.1) is 0 Å². The summed E-state index contributed by atoms with van der Waals surface area (Å²) in [7, 11) is -0.660. The van der Waals surface area contributed by atoms with Crippen molar-refractivity contribution in [3.8, 4) is 5.75 Å². The van der Waals surface area contributed by atoms with E-state index in [9.17, 15) is 4.21 Å². The summed E-state index contributed by atoms with van der Waals surface area (Å²) in [6, 6.07) is 18.6. The Morgan fingerprint density at radius 3 is 2.54 bits per heavy atom. The molecule has 1 saturated heterocycles. The van der Waals surface area contributed by atoms with Crippen LogP contribution in [-0.4, -0.2) is 14.7 Å². The van der Waals surface area contributed by atoms with Gasteiger partial charge in [-0.05, 0) is 48.1 Å². The van der Waals surface area contributed by atoms with Crippen LogP contribution in [0.2, 0.25) is 0 Å². The summed E-state index contributed by atoms with van der Waals surface area (Å²) in [5.74, 6) is 0.891. The van der Waals surface area contributed by atoms with Crippen LogP contribution in [0.25, 0.3) is 5.57 Å². The van der Waals surface area contributed by atoms with Gasteiger partial charge in [0.15, 0.2) is 0 Å². The summed E-state index contributed by atoms with van der Waals surface area (Å²) in [4.78, 5) is 0. The maximum absolute atomic E-state index is 12.3. The molecule has 24 heavy (non-hydrogen) atoms. The van der Waals surface area contributed by atoms with Gasteiger partial charge in [0.2, 0.25) is 0 Å². The Morgan fingerprint density at radius 2 is 1.79 bits per heavy atom. The Labute approximate surface area is 146 Å². The molecule has 3 heteroatoms. The molecule has 0 aromatic heterocycles. The fourth-order valence-corrected chi connectivity index (χ4v) is 5.55. The average molecular weight is 338 g/mol. The fraction of sp³-hybridized carbons (Fsp3) is 0.333. The molecule has 3 unspecified atom stereocenters. The molecule has 0 N–H and O–H groups in total. The zero-order valence-electron chi connectivity index (χ0n) is 13.7. The van der Waals surface area contributed by atoms with Gasteiger partial charge in [-0.3, -0.25) is 4.21 Å². The second-order valence-electron chi connectivity index (χ2n) is 6.61. The van der Waals surface area contributed by atoms with Crippen molar-refractivity contribution in [2.24, 2.45) is 0 Å². The SMILES string of the molecule is O=S1C2C=C(c3ccc(OCc4ccccc4)cc3)CC1CCC2. The van der Waals surface area contributed by atoms with Gasteiger partial charge in [-0.2, -0.15) is 0 Å². The summed E-state index contributed by atoms with van der Waals surface area (Å²) >= 11 is 0. The van der Waals surface area contributed by atoms with Crippen molar-refractivity contribution in [2.75, 3.05) is 0 Å². The Kier molecular flexibility index (Phi) is 4.52. The lowest BCUT2D eigenvalue weighted by molar-refractivity contribution is 0.306. The van der Waals surface area contributed by atoms with E-state index in [0.29, 0.717) is 11.9 Å². The summed E-state index contributed by atoms with van der Waals surface area (Å²) in [5.41, 5.74) is 3.78. The van der Waals surface area contributed by atoms with E-state index in [1.807, 2.05) is 30.3 Å². The fourth-order valence-electron chi connectivity index (χ4n) is 3.62. The lowest BCUT2D eigenvalue weighted by atomic mass is 9.93. The van der Waals surface area contributed by atoms with Gasteiger partial charge in [-0.15, -0.1) is 0 Å². The van der Waals surface area contributed by atoms with Crippen LogP contribution in [-0.2, 0) is 17.4 Å². The smallest absolute Gasteiger partial charge is 0.119 e. The van der Waals surface area contributed by atoms with Gasteiger partial charge < -0.3 is 4.74 Å². The first-order chi connectivity index (χ1) is 11.8. The molecular weight excluding hydrogens is 316 g/mol. The third-order valence-electron chi connectivity index (χ3n) is 4.95. The Morgan fingerprint density at radius 1 is 1.00 bits per heavy atom. The molecule has 3 atom stereocenters. The third kappa shape index (κ3) is 3.32. The van der Waals surface area contributed by atoms with Gasteiger partial charge in [0.05, 0.1) is 5.25 Å². The van der Waals surface area contributed by atoms with Crippen LogP contribution in [0.3, 0.4) is 0 Å². The van der Waals surface area contributed by atoms with E-state index in [2.05, 4.69) is 30.3 Å². The third-order valence-corrected chi connectivity index (χ3v) is 6.98. The number of benzene rings is 2. The predicted molar refractivity (Wildman–Crippen MR) is 99.4 cm³/mol. The van der Waals surface area contributed by atoms with E-state index < -0.39 is 10.8 Å². The van der Waals surface area contributed by atoms with E-state index in [1.165, 1.54) is 23.1 Å². The molecule has 2 aromatic rings. The molecule has 2 aliphatic heterocycles. The summed E-state index contributed by atoms with van der Waals surface area (Å²) in [5, 5.41) is 0.624. The van der Waals surface area contributed by atoms with Crippen molar-refractivity contribution in [3.05, 3.63) is 71.8 Å². The number of hydrogen-bond acceptors (Lipinski definition) is 2. The van der Waals surface area contributed by atoms with Crippen LogP contribution in [0.4, 0.5) is 0 Å². The molecule has 4 rings (SSSR count). The van der Waals surface area contributed by atoms with Crippen LogP contribution in [0.15, 0.2) is 60.7 Å². The van der Waals surface area contributed by atoms with Gasteiger partial charge in [0, 0.05) is 16.0 Å². The normalized spacial score (nSPS) is 25.8. The number of rotatable bonds is 4. The Hall–Kier alpha value is -1.87. The molecular formula is C21H22O2S. The highest BCUT2D eigenvalue weighted by atomic mass is 32.2. The molecule has 0 radical (unpaired) electrons. The molecule has 1 fully saturated rings. The van der Waals surface area contributed by atoms with E-state index in [1.54, 1.807) is 0 Å². The zero-order chi connectivity index (χ0) is 16.4. The predicted octanol–water partition coefficient (Wildman–Crippen LogP) is 4.72. The Bertz CT molecular complexity index is 749. The first-order valence-electron chi connectivity index (χ1n) is 8.67.